The Hall–Kier alpha value is -3.42. The zero-order valence-electron chi connectivity index (χ0n) is 15.1. The Morgan fingerprint density at radius 3 is 3.04 bits per heavy atom. The van der Waals surface area contributed by atoms with E-state index < -0.39 is 0 Å². The third-order valence-electron chi connectivity index (χ3n) is 4.91. The van der Waals surface area contributed by atoms with Gasteiger partial charge < -0.3 is 14.6 Å². The molecule has 0 spiro atoms. The van der Waals surface area contributed by atoms with Gasteiger partial charge in [0.1, 0.15) is 17.8 Å². The summed E-state index contributed by atoms with van der Waals surface area (Å²) in [6.45, 7) is 5.18. The predicted octanol–water partition coefficient (Wildman–Crippen LogP) is 2.94. The van der Waals surface area contributed by atoms with Crippen LogP contribution in [0, 0.1) is 13.8 Å². The highest BCUT2D eigenvalue weighted by Gasteiger charge is 2.19. The molecule has 0 radical (unpaired) electrons. The van der Waals surface area contributed by atoms with Crippen LogP contribution in [0.1, 0.15) is 22.6 Å². The third-order valence-corrected chi connectivity index (χ3v) is 4.91. The summed E-state index contributed by atoms with van der Waals surface area (Å²) >= 11 is 0. The van der Waals surface area contributed by atoms with E-state index in [2.05, 4.69) is 31.7 Å². The smallest absolute Gasteiger partial charge is 0.210 e. The zero-order chi connectivity index (χ0) is 18.4. The Bertz CT molecular complexity index is 1130. The number of nitrogens with one attached hydrogen (secondary N) is 1. The van der Waals surface area contributed by atoms with Crippen molar-refractivity contribution in [1.82, 2.24) is 24.7 Å². The van der Waals surface area contributed by atoms with Crippen LogP contribution in [0.15, 0.2) is 35.2 Å². The molecule has 0 saturated heterocycles. The molecule has 4 aromatic rings. The highest BCUT2D eigenvalue weighted by atomic mass is 16.5. The first-order valence-electron chi connectivity index (χ1n) is 8.82. The van der Waals surface area contributed by atoms with E-state index in [0.717, 1.165) is 41.4 Å². The van der Waals surface area contributed by atoms with E-state index in [0.29, 0.717) is 18.1 Å². The number of anilines is 1. The summed E-state index contributed by atoms with van der Waals surface area (Å²) in [6, 6.07) is 6.14. The topological polar surface area (TPSA) is 90.4 Å². The van der Waals surface area contributed by atoms with Gasteiger partial charge in [0.2, 0.25) is 5.95 Å². The number of aryl methyl sites for hydroxylation is 2. The molecule has 136 valence electrons. The van der Waals surface area contributed by atoms with E-state index >= 15 is 0 Å². The highest BCUT2D eigenvalue weighted by molar-refractivity contribution is 5.80. The van der Waals surface area contributed by atoms with Gasteiger partial charge in [-0.05, 0) is 25.5 Å². The minimum absolute atomic E-state index is 0.650. The molecule has 1 aliphatic heterocycles. The lowest BCUT2D eigenvalue weighted by Crippen LogP contribution is -2.08. The van der Waals surface area contributed by atoms with Crippen LogP contribution in [0.25, 0.3) is 16.8 Å². The van der Waals surface area contributed by atoms with Gasteiger partial charge in [-0.2, -0.15) is 0 Å². The fourth-order valence-electron chi connectivity index (χ4n) is 3.63. The van der Waals surface area contributed by atoms with Gasteiger partial charge in [-0.1, -0.05) is 17.3 Å². The van der Waals surface area contributed by atoms with Gasteiger partial charge >= 0.3 is 0 Å². The Kier molecular flexibility index (Phi) is 3.56. The van der Waals surface area contributed by atoms with Gasteiger partial charge in [0.15, 0.2) is 5.65 Å². The molecule has 0 bridgehead atoms. The van der Waals surface area contributed by atoms with Gasteiger partial charge in [-0.25, -0.2) is 4.98 Å². The Morgan fingerprint density at radius 2 is 2.19 bits per heavy atom. The molecule has 0 aliphatic carbocycles. The first kappa shape index (κ1) is 15.8. The van der Waals surface area contributed by atoms with Gasteiger partial charge in [-0.15, -0.1) is 10.2 Å². The van der Waals surface area contributed by atoms with Crippen LogP contribution in [-0.2, 0) is 13.0 Å². The van der Waals surface area contributed by atoms with Gasteiger partial charge in [0, 0.05) is 24.7 Å². The van der Waals surface area contributed by atoms with Crippen LogP contribution < -0.4 is 10.1 Å². The molecule has 1 aromatic carbocycles. The maximum absolute atomic E-state index is 5.65. The van der Waals surface area contributed by atoms with Crippen LogP contribution in [0.3, 0.4) is 0 Å². The molecular weight excluding hydrogens is 344 g/mol. The molecule has 8 nitrogen and oxygen atoms in total. The molecule has 0 fully saturated rings. The van der Waals surface area contributed by atoms with Crippen LogP contribution in [0.2, 0.25) is 0 Å². The third kappa shape index (κ3) is 2.52. The van der Waals surface area contributed by atoms with Crippen molar-refractivity contribution in [2.24, 2.45) is 0 Å². The van der Waals surface area contributed by atoms with Crippen molar-refractivity contribution in [3.63, 3.8) is 0 Å². The molecule has 1 N–H and O–H groups in total. The zero-order valence-corrected chi connectivity index (χ0v) is 15.1. The van der Waals surface area contributed by atoms with Crippen molar-refractivity contribution >= 4 is 11.6 Å². The maximum atomic E-state index is 5.65. The number of hydrogen-bond donors (Lipinski definition) is 1. The Morgan fingerprint density at radius 1 is 1.26 bits per heavy atom. The SMILES string of the molecule is Cc1noc(C)c1-c1cnc(NCc2cccc3c2CCO3)n2cnnc12. The van der Waals surface area contributed by atoms with E-state index in [4.69, 9.17) is 9.26 Å². The molecular formula is C19H18N6O2. The van der Waals surface area contributed by atoms with E-state index in [1.807, 2.05) is 30.4 Å². The molecule has 27 heavy (non-hydrogen) atoms. The minimum Gasteiger partial charge on any atom is -0.493 e. The van der Waals surface area contributed by atoms with E-state index in [-0.39, 0.29) is 0 Å². The largest absolute Gasteiger partial charge is 0.493 e. The number of aromatic nitrogens is 5. The van der Waals surface area contributed by atoms with Gasteiger partial charge in [0.05, 0.1) is 23.4 Å². The quantitative estimate of drug-likeness (QED) is 0.597. The molecule has 0 saturated carbocycles. The van der Waals surface area contributed by atoms with E-state index in [9.17, 15) is 0 Å². The minimum atomic E-state index is 0.650. The molecule has 8 heteroatoms. The monoisotopic (exact) mass is 362 g/mol. The van der Waals surface area contributed by atoms with Crippen LogP contribution in [0.4, 0.5) is 5.95 Å². The summed E-state index contributed by atoms with van der Waals surface area (Å²) in [5.41, 5.74) is 5.75. The Balaban J connectivity index is 1.50. The molecule has 1 aliphatic rings. The maximum Gasteiger partial charge on any atom is 0.210 e. The highest BCUT2D eigenvalue weighted by Crippen LogP contribution is 2.31. The lowest BCUT2D eigenvalue weighted by Gasteiger charge is -2.11. The number of fused-ring (bicyclic) bond motifs is 2. The van der Waals surface area contributed by atoms with Crippen LogP contribution >= 0.6 is 0 Å². The summed E-state index contributed by atoms with van der Waals surface area (Å²) in [5, 5.41) is 15.8. The molecule has 0 atom stereocenters. The lowest BCUT2D eigenvalue weighted by molar-refractivity contribution is 0.357. The standard InChI is InChI=1S/C19H18N6O2/c1-11-17(12(2)27-24-11)15-9-21-19(25-10-22-23-18(15)25)20-8-13-4-3-5-16-14(13)6-7-26-16/h3-5,9-10H,6-8H2,1-2H3,(H,20,21). The molecule has 0 unspecified atom stereocenters. The molecule has 4 heterocycles. The summed E-state index contributed by atoms with van der Waals surface area (Å²) in [6.07, 6.45) is 4.38. The van der Waals surface area contributed by atoms with Crippen LogP contribution in [0.5, 0.6) is 5.75 Å². The fourth-order valence-corrected chi connectivity index (χ4v) is 3.63. The molecule has 5 rings (SSSR count). The van der Waals surface area contributed by atoms with E-state index in [1.165, 1.54) is 11.1 Å². The summed E-state index contributed by atoms with van der Waals surface area (Å²) in [5.74, 6) is 2.40. The van der Waals surface area contributed by atoms with E-state index in [1.54, 1.807) is 12.5 Å². The predicted molar refractivity (Wildman–Crippen MR) is 98.7 cm³/mol. The van der Waals surface area contributed by atoms with Crippen molar-refractivity contribution in [1.29, 1.82) is 0 Å². The number of ether oxygens (including phenoxy) is 1. The van der Waals surface area contributed by atoms with Crippen molar-refractivity contribution in [3.05, 3.63) is 53.3 Å². The van der Waals surface area contributed by atoms with Gasteiger partial charge in [-0.3, -0.25) is 4.40 Å². The first-order chi connectivity index (χ1) is 13.2. The number of rotatable bonds is 4. The van der Waals surface area contributed by atoms with Crippen molar-refractivity contribution in [2.75, 3.05) is 11.9 Å². The second-order valence-electron chi connectivity index (χ2n) is 6.57. The summed E-state index contributed by atoms with van der Waals surface area (Å²) in [4.78, 5) is 4.60. The average molecular weight is 362 g/mol. The Labute approximate surface area is 155 Å². The van der Waals surface area contributed by atoms with Crippen molar-refractivity contribution in [3.8, 4) is 16.9 Å². The van der Waals surface area contributed by atoms with Crippen LogP contribution in [-0.4, -0.2) is 31.3 Å². The van der Waals surface area contributed by atoms with Crippen molar-refractivity contribution in [2.45, 2.75) is 26.8 Å². The normalized spacial score (nSPS) is 13.0. The second kappa shape index (κ2) is 6.08. The lowest BCUT2D eigenvalue weighted by atomic mass is 10.1. The average Bonchev–Trinajstić information content (AvgIpc) is 3.40. The first-order valence-corrected chi connectivity index (χ1v) is 8.82. The van der Waals surface area contributed by atoms with Gasteiger partial charge in [0.25, 0.3) is 0 Å². The second-order valence-corrected chi connectivity index (χ2v) is 6.57. The molecule has 3 aromatic heterocycles. The summed E-state index contributed by atoms with van der Waals surface area (Å²) < 4.78 is 12.8. The number of hydrogen-bond acceptors (Lipinski definition) is 7. The number of nitrogens with zero attached hydrogens (tertiary/aromatic N) is 5. The summed E-state index contributed by atoms with van der Waals surface area (Å²) in [7, 11) is 0. The number of benzene rings is 1. The fraction of sp³-hybridized carbons (Fsp3) is 0.263. The molecule has 0 amide bonds. The van der Waals surface area contributed by atoms with Crippen molar-refractivity contribution < 1.29 is 9.26 Å².